The summed E-state index contributed by atoms with van der Waals surface area (Å²) < 4.78 is 11.2. The van der Waals surface area contributed by atoms with Crippen LogP contribution >= 0.6 is 0 Å². The van der Waals surface area contributed by atoms with Crippen LogP contribution in [0.15, 0.2) is 60.4 Å². The predicted molar refractivity (Wildman–Crippen MR) is 93.7 cm³/mol. The molecule has 0 saturated heterocycles. The quantitative estimate of drug-likeness (QED) is 0.627. The Balaban J connectivity index is 2.04. The summed E-state index contributed by atoms with van der Waals surface area (Å²) in [7, 11) is 0. The fraction of sp³-hybridized carbons (Fsp3) is 0.250. The molecular weight excluding hydrogens is 304 g/mol. The van der Waals surface area contributed by atoms with Gasteiger partial charge in [-0.25, -0.2) is 4.79 Å². The molecule has 0 radical (unpaired) electrons. The summed E-state index contributed by atoms with van der Waals surface area (Å²) in [6.45, 7) is 5.92. The van der Waals surface area contributed by atoms with E-state index in [2.05, 4.69) is 0 Å². The predicted octanol–water partition coefficient (Wildman–Crippen LogP) is 4.51. The highest BCUT2D eigenvalue weighted by molar-refractivity contribution is 5.89. The first kappa shape index (κ1) is 17.6. The van der Waals surface area contributed by atoms with Crippen LogP contribution in [0.5, 0.6) is 5.75 Å². The molecule has 4 heteroatoms. The van der Waals surface area contributed by atoms with Gasteiger partial charge in [0.1, 0.15) is 18.0 Å². The molecule has 126 valence electrons. The molecule has 0 bridgehead atoms. The molecule has 24 heavy (non-hydrogen) atoms. The van der Waals surface area contributed by atoms with Crippen LogP contribution in [-0.2, 0) is 16.1 Å². The summed E-state index contributed by atoms with van der Waals surface area (Å²) in [6, 6.07) is 17.1. The molecule has 2 rings (SSSR count). The van der Waals surface area contributed by atoms with Crippen molar-refractivity contribution in [3.05, 3.63) is 71.5 Å². The van der Waals surface area contributed by atoms with E-state index in [0.717, 1.165) is 16.9 Å². The molecule has 1 N–H and O–H groups in total. The van der Waals surface area contributed by atoms with Gasteiger partial charge in [-0.2, -0.15) is 0 Å². The van der Waals surface area contributed by atoms with Crippen LogP contribution in [0.4, 0.5) is 0 Å². The minimum absolute atomic E-state index is 0.0829. The van der Waals surface area contributed by atoms with E-state index in [4.69, 9.17) is 9.47 Å². The Hall–Kier alpha value is -2.75. The zero-order valence-electron chi connectivity index (χ0n) is 14.2. The molecule has 0 atom stereocenters. The number of carbonyl (C=O) groups is 1. The highest BCUT2D eigenvalue weighted by Crippen LogP contribution is 2.19. The SMILES string of the molecule is CC(C)(C)OC(=Cc1ccc(OCc2ccccc2)cc1)C(=O)O. The van der Waals surface area contributed by atoms with E-state index in [1.807, 2.05) is 63.2 Å². The molecule has 4 nitrogen and oxygen atoms in total. The Morgan fingerprint density at radius 3 is 2.21 bits per heavy atom. The van der Waals surface area contributed by atoms with Crippen LogP contribution in [0.3, 0.4) is 0 Å². The zero-order chi connectivity index (χ0) is 17.6. The molecule has 0 aliphatic heterocycles. The molecule has 0 heterocycles. The molecule has 2 aromatic carbocycles. The molecule has 0 spiro atoms. The third-order valence-corrected chi connectivity index (χ3v) is 3.05. The number of carboxylic acid groups (broad SMARTS) is 1. The topological polar surface area (TPSA) is 55.8 Å². The molecule has 0 aliphatic carbocycles. The highest BCUT2D eigenvalue weighted by atomic mass is 16.5. The number of hydrogen-bond acceptors (Lipinski definition) is 3. The largest absolute Gasteiger partial charge is 0.489 e. The van der Waals surface area contributed by atoms with Crippen molar-refractivity contribution in [3.63, 3.8) is 0 Å². The minimum Gasteiger partial charge on any atom is -0.489 e. The van der Waals surface area contributed by atoms with E-state index in [-0.39, 0.29) is 5.76 Å². The van der Waals surface area contributed by atoms with Gasteiger partial charge in [-0.3, -0.25) is 0 Å². The minimum atomic E-state index is -1.09. The van der Waals surface area contributed by atoms with Crippen molar-refractivity contribution < 1.29 is 19.4 Å². The Labute approximate surface area is 142 Å². The van der Waals surface area contributed by atoms with E-state index in [0.29, 0.717) is 6.61 Å². The van der Waals surface area contributed by atoms with Crippen molar-refractivity contribution in [2.75, 3.05) is 0 Å². The maximum atomic E-state index is 11.3. The van der Waals surface area contributed by atoms with Crippen LogP contribution in [0.2, 0.25) is 0 Å². The number of ether oxygens (including phenoxy) is 2. The van der Waals surface area contributed by atoms with Crippen molar-refractivity contribution in [3.8, 4) is 5.75 Å². The van der Waals surface area contributed by atoms with Crippen molar-refractivity contribution in [1.82, 2.24) is 0 Å². The molecule has 2 aromatic rings. The standard InChI is InChI=1S/C20H22O4/c1-20(2,3)24-18(19(21)22)13-15-9-11-17(12-10-15)23-14-16-7-5-4-6-8-16/h4-13H,14H2,1-3H3,(H,21,22). The van der Waals surface area contributed by atoms with Crippen LogP contribution in [0.1, 0.15) is 31.9 Å². The first-order valence-corrected chi connectivity index (χ1v) is 7.74. The van der Waals surface area contributed by atoms with Gasteiger partial charge in [0.25, 0.3) is 0 Å². The average Bonchev–Trinajstić information content (AvgIpc) is 2.53. The summed E-state index contributed by atoms with van der Waals surface area (Å²) in [4.78, 5) is 11.3. The lowest BCUT2D eigenvalue weighted by Crippen LogP contribution is -2.21. The lowest BCUT2D eigenvalue weighted by atomic mass is 10.1. The van der Waals surface area contributed by atoms with Gasteiger partial charge in [-0.1, -0.05) is 42.5 Å². The fourth-order valence-electron chi connectivity index (χ4n) is 2.02. The lowest BCUT2D eigenvalue weighted by molar-refractivity contribution is -0.138. The first-order chi connectivity index (χ1) is 11.3. The van der Waals surface area contributed by atoms with E-state index >= 15 is 0 Å². The number of hydrogen-bond donors (Lipinski definition) is 1. The third kappa shape index (κ3) is 5.80. The highest BCUT2D eigenvalue weighted by Gasteiger charge is 2.18. The molecule has 0 aliphatic rings. The summed E-state index contributed by atoms with van der Waals surface area (Å²) >= 11 is 0. The maximum Gasteiger partial charge on any atom is 0.371 e. The van der Waals surface area contributed by atoms with Gasteiger partial charge >= 0.3 is 5.97 Å². The van der Waals surface area contributed by atoms with Gasteiger partial charge < -0.3 is 14.6 Å². The second kappa shape index (κ2) is 7.68. The van der Waals surface area contributed by atoms with Crippen LogP contribution in [0.25, 0.3) is 6.08 Å². The number of aliphatic carboxylic acids is 1. The second-order valence-corrected chi connectivity index (χ2v) is 6.37. The number of carboxylic acids is 1. The molecule has 0 unspecified atom stereocenters. The van der Waals surface area contributed by atoms with E-state index in [9.17, 15) is 9.90 Å². The molecule has 0 fully saturated rings. The monoisotopic (exact) mass is 326 g/mol. The molecule has 0 saturated carbocycles. The van der Waals surface area contributed by atoms with Crippen LogP contribution < -0.4 is 4.74 Å². The van der Waals surface area contributed by atoms with E-state index in [1.54, 1.807) is 12.1 Å². The summed E-state index contributed by atoms with van der Waals surface area (Å²) in [5.41, 5.74) is 1.26. The second-order valence-electron chi connectivity index (χ2n) is 6.37. The summed E-state index contributed by atoms with van der Waals surface area (Å²) in [5, 5.41) is 9.24. The number of rotatable bonds is 6. The summed E-state index contributed by atoms with van der Waals surface area (Å²) in [6.07, 6.45) is 1.51. The van der Waals surface area contributed by atoms with Gasteiger partial charge in [0.2, 0.25) is 5.76 Å². The maximum absolute atomic E-state index is 11.3. The smallest absolute Gasteiger partial charge is 0.371 e. The van der Waals surface area contributed by atoms with Gasteiger partial charge in [0, 0.05) is 0 Å². The number of benzene rings is 2. The van der Waals surface area contributed by atoms with Crippen LogP contribution in [-0.4, -0.2) is 16.7 Å². The van der Waals surface area contributed by atoms with E-state index in [1.165, 1.54) is 6.08 Å². The van der Waals surface area contributed by atoms with E-state index < -0.39 is 11.6 Å². The Bertz CT molecular complexity index is 695. The molecule has 0 aromatic heterocycles. The molecular formula is C20H22O4. The Morgan fingerprint density at radius 2 is 1.67 bits per heavy atom. The van der Waals surface area contributed by atoms with Crippen LogP contribution in [0, 0.1) is 0 Å². The third-order valence-electron chi connectivity index (χ3n) is 3.05. The Kier molecular flexibility index (Phi) is 5.64. The van der Waals surface area contributed by atoms with Crippen molar-refractivity contribution in [1.29, 1.82) is 0 Å². The van der Waals surface area contributed by atoms with Gasteiger partial charge in [-0.15, -0.1) is 0 Å². The zero-order valence-corrected chi connectivity index (χ0v) is 14.2. The summed E-state index contributed by atoms with van der Waals surface area (Å²) in [5.74, 6) is -0.445. The van der Waals surface area contributed by atoms with Gasteiger partial charge in [0.05, 0.1) is 0 Å². The van der Waals surface area contributed by atoms with Crippen molar-refractivity contribution >= 4 is 12.0 Å². The normalized spacial score (nSPS) is 11.9. The van der Waals surface area contributed by atoms with Gasteiger partial charge in [0.15, 0.2) is 0 Å². The Morgan fingerprint density at radius 1 is 1.04 bits per heavy atom. The average molecular weight is 326 g/mol. The molecule has 0 amide bonds. The van der Waals surface area contributed by atoms with Crippen molar-refractivity contribution in [2.24, 2.45) is 0 Å². The van der Waals surface area contributed by atoms with Gasteiger partial charge in [-0.05, 0) is 50.1 Å². The van der Waals surface area contributed by atoms with Crippen molar-refractivity contribution in [2.45, 2.75) is 33.0 Å². The fourth-order valence-corrected chi connectivity index (χ4v) is 2.02. The lowest BCUT2D eigenvalue weighted by Gasteiger charge is -2.21. The first-order valence-electron chi connectivity index (χ1n) is 7.74.